The number of nitrogens with one attached hydrogen (secondary N) is 1. The first kappa shape index (κ1) is 15.0. The van der Waals surface area contributed by atoms with Crippen molar-refractivity contribution in [2.45, 2.75) is 25.8 Å². The lowest BCUT2D eigenvalue weighted by Crippen LogP contribution is -2.10. The van der Waals surface area contributed by atoms with Gasteiger partial charge in [-0.15, -0.1) is 11.3 Å². The van der Waals surface area contributed by atoms with Crippen LogP contribution in [0.15, 0.2) is 34.1 Å². The first-order valence-corrected chi connectivity index (χ1v) is 8.02. The molecular weight excluding hydrogens is 339 g/mol. The van der Waals surface area contributed by atoms with E-state index < -0.39 is 5.82 Å². The van der Waals surface area contributed by atoms with Crippen molar-refractivity contribution < 1.29 is 4.39 Å². The predicted octanol–water partition coefficient (Wildman–Crippen LogP) is 5.47. The topological polar surface area (TPSA) is 35.8 Å². The first-order chi connectivity index (χ1) is 9.67. The van der Waals surface area contributed by atoms with Crippen LogP contribution in [0.25, 0.3) is 0 Å². The molecule has 0 aliphatic heterocycles. The zero-order chi connectivity index (χ0) is 14.5. The van der Waals surface area contributed by atoms with Gasteiger partial charge in [-0.1, -0.05) is 19.4 Å². The average Bonchev–Trinajstić information content (AvgIpc) is 2.97. The molecule has 1 unspecified atom stereocenters. The Labute approximate surface area is 130 Å². The highest BCUT2D eigenvalue weighted by Crippen LogP contribution is 2.32. The quantitative estimate of drug-likeness (QED) is 0.773. The zero-order valence-electron chi connectivity index (χ0n) is 11.0. The molecule has 0 amide bonds. The van der Waals surface area contributed by atoms with Crippen LogP contribution in [0, 0.1) is 17.1 Å². The van der Waals surface area contributed by atoms with Crippen molar-refractivity contribution in [2.24, 2.45) is 0 Å². The molecule has 2 aromatic rings. The third-order valence-corrected chi connectivity index (χ3v) is 4.76. The Morgan fingerprint density at radius 2 is 2.25 bits per heavy atom. The van der Waals surface area contributed by atoms with Gasteiger partial charge in [0, 0.05) is 4.88 Å². The van der Waals surface area contributed by atoms with Crippen molar-refractivity contribution in [1.29, 1.82) is 5.26 Å². The summed E-state index contributed by atoms with van der Waals surface area (Å²) in [4.78, 5) is 1.19. The van der Waals surface area contributed by atoms with E-state index >= 15 is 0 Å². The maximum atomic E-state index is 14.2. The minimum Gasteiger partial charge on any atom is -0.375 e. The van der Waals surface area contributed by atoms with Crippen molar-refractivity contribution >= 4 is 33.0 Å². The Bertz CT molecular complexity index is 620. The van der Waals surface area contributed by atoms with E-state index in [4.69, 9.17) is 5.26 Å². The smallest absolute Gasteiger partial charge is 0.161 e. The van der Waals surface area contributed by atoms with Gasteiger partial charge in [-0.2, -0.15) is 5.26 Å². The molecule has 1 aromatic carbocycles. The second kappa shape index (κ2) is 6.87. The molecule has 0 saturated carbocycles. The van der Waals surface area contributed by atoms with Crippen LogP contribution in [0.4, 0.5) is 10.1 Å². The SMILES string of the molecule is CCCC(Nc1ccc(C#N)c(Br)c1F)c1cccs1. The summed E-state index contributed by atoms with van der Waals surface area (Å²) in [5, 5.41) is 14.1. The molecule has 1 N–H and O–H groups in total. The number of rotatable bonds is 5. The van der Waals surface area contributed by atoms with Crippen LogP contribution in [0.1, 0.15) is 36.2 Å². The van der Waals surface area contributed by atoms with Crippen molar-refractivity contribution in [3.05, 3.63) is 50.4 Å². The summed E-state index contributed by atoms with van der Waals surface area (Å²) >= 11 is 4.79. The lowest BCUT2D eigenvalue weighted by Gasteiger charge is -2.19. The Hall–Kier alpha value is -1.38. The monoisotopic (exact) mass is 352 g/mol. The number of benzene rings is 1. The van der Waals surface area contributed by atoms with E-state index in [0.717, 1.165) is 12.8 Å². The third-order valence-electron chi connectivity index (χ3n) is 3.00. The molecular formula is C15H14BrFN2S. The van der Waals surface area contributed by atoms with E-state index in [0.29, 0.717) is 11.3 Å². The Morgan fingerprint density at radius 1 is 1.45 bits per heavy atom. The molecule has 0 aliphatic carbocycles. The van der Waals surface area contributed by atoms with Gasteiger partial charge >= 0.3 is 0 Å². The van der Waals surface area contributed by atoms with Gasteiger partial charge in [0.05, 0.1) is 21.8 Å². The second-order valence-electron chi connectivity index (χ2n) is 4.40. The average molecular weight is 353 g/mol. The van der Waals surface area contributed by atoms with E-state index in [1.54, 1.807) is 23.5 Å². The second-order valence-corrected chi connectivity index (χ2v) is 6.17. The van der Waals surface area contributed by atoms with Crippen LogP contribution in [0.2, 0.25) is 0 Å². The number of thiophene rings is 1. The zero-order valence-corrected chi connectivity index (χ0v) is 13.4. The van der Waals surface area contributed by atoms with E-state index in [-0.39, 0.29) is 10.5 Å². The van der Waals surface area contributed by atoms with Crippen molar-refractivity contribution in [2.75, 3.05) is 5.32 Å². The van der Waals surface area contributed by atoms with Gasteiger partial charge in [-0.25, -0.2) is 4.39 Å². The normalized spacial score (nSPS) is 11.9. The van der Waals surface area contributed by atoms with Gasteiger partial charge in [0.15, 0.2) is 5.82 Å². The lowest BCUT2D eigenvalue weighted by atomic mass is 10.1. The van der Waals surface area contributed by atoms with E-state index in [1.165, 1.54) is 4.88 Å². The standard InChI is InChI=1S/C15H14BrFN2S/c1-2-4-11(13-5-3-8-20-13)19-12-7-6-10(9-18)14(16)15(12)17/h3,5-8,11,19H,2,4H2,1H3. The Balaban J connectivity index is 2.28. The molecule has 0 fully saturated rings. The van der Waals surface area contributed by atoms with Crippen LogP contribution in [0.5, 0.6) is 0 Å². The summed E-state index contributed by atoms with van der Waals surface area (Å²) in [6.07, 6.45) is 1.94. The van der Waals surface area contributed by atoms with Gasteiger partial charge < -0.3 is 5.32 Å². The summed E-state index contributed by atoms with van der Waals surface area (Å²) < 4.78 is 14.4. The fraction of sp³-hybridized carbons (Fsp3) is 0.267. The van der Waals surface area contributed by atoms with E-state index in [2.05, 4.69) is 34.2 Å². The number of hydrogen-bond acceptors (Lipinski definition) is 3. The fourth-order valence-corrected chi connectivity index (χ4v) is 3.25. The van der Waals surface area contributed by atoms with Crippen LogP contribution in [-0.4, -0.2) is 0 Å². The third kappa shape index (κ3) is 3.20. The number of anilines is 1. The fourth-order valence-electron chi connectivity index (χ4n) is 2.00. The molecule has 1 aromatic heterocycles. The van der Waals surface area contributed by atoms with Gasteiger partial charge in [0.1, 0.15) is 6.07 Å². The first-order valence-electron chi connectivity index (χ1n) is 6.35. The molecule has 1 atom stereocenters. The number of halogens is 2. The van der Waals surface area contributed by atoms with Crippen LogP contribution in [0.3, 0.4) is 0 Å². The van der Waals surface area contributed by atoms with Crippen LogP contribution in [-0.2, 0) is 0 Å². The Morgan fingerprint density at radius 3 is 2.85 bits per heavy atom. The molecule has 0 spiro atoms. The molecule has 104 valence electrons. The number of hydrogen-bond donors (Lipinski definition) is 1. The van der Waals surface area contributed by atoms with Crippen LogP contribution >= 0.6 is 27.3 Å². The molecule has 0 aliphatic rings. The molecule has 5 heteroatoms. The van der Waals surface area contributed by atoms with Crippen molar-refractivity contribution in [3.63, 3.8) is 0 Å². The molecule has 20 heavy (non-hydrogen) atoms. The van der Waals surface area contributed by atoms with Crippen LogP contribution < -0.4 is 5.32 Å². The molecule has 0 bridgehead atoms. The summed E-state index contributed by atoms with van der Waals surface area (Å²) in [7, 11) is 0. The summed E-state index contributed by atoms with van der Waals surface area (Å²) in [6.45, 7) is 2.10. The van der Waals surface area contributed by atoms with Gasteiger partial charge in [0.2, 0.25) is 0 Å². The largest absolute Gasteiger partial charge is 0.375 e. The van der Waals surface area contributed by atoms with Gasteiger partial charge in [-0.3, -0.25) is 0 Å². The molecule has 2 nitrogen and oxygen atoms in total. The van der Waals surface area contributed by atoms with Gasteiger partial charge in [0.25, 0.3) is 0 Å². The molecule has 0 radical (unpaired) electrons. The summed E-state index contributed by atoms with van der Waals surface area (Å²) in [5.74, 6) is -0.415. The highest BCUT2D eigenvalue weighted by molar-refractivity contribution is 9.10. The molecule has 0 saturated heterocycles. The maximum Gasteiger partial charge on any atom is 0.161 e. The highest BCUT2D eigenvalue weighted by Gasteiger charge is 2.16. The molecule has 1 heterocycles. The summed E-state index contributed by atoms with van der Waals surface area (Å²) in [6, 6.07) is 9.33. The minimum atomic E-state index is -0.415. The van der Waals surface area contributed by atoms with Crippen molar-refractivity contribution in [3.8, 4) is 6.07 Å². The van der Waals surface area contributed by atoms with E-state index in [9.17, 15) is 4.39 Å². The Kier molecular flexibility index (Phi) is 5.16. The maximum absolute atomic E-state index is 14.2. The lowest BCUT2D eigenvalue weighted by molar-refractivity contribution is 0.613. The summed E-state index contributed by atoms with van der Waals surface area (Å²) in [5.41, 5.74) is 0.721. The number of nitrogens with zero attached hydrogens (tertiary/aromatic N) is 1. The predicted molar refractivity (Wildman–Crippen MR) is 84.4 cm³/mol. The number of nitriles is 1. The molecule has 2 rings (SSSR count). The van der Waals surface area contributed by atoms with E-state index in [1.807, 2.05) is 17.5 Å². The van der Waals surface area contributed by atoms with Gasteiger partial charge in [-0.05, 0) is 45.9 Å². The van der Waals surface area contributed by atoms with Crippen molar-refractivity contribution in [1.82, 2.24) is 0 Å². The minimum absolute atomic E-state index is 0.0920. The highest BCUT2D eigenvalue weighted by atomic mass is 79.9.